The minimum Gasteiger partial charge on any atom is -0.497 e. The zero-order valence-electron chi connectivity index (χ0n) is 9.40. The summed E-state index contributed by atoms with van der Waals surface area (Å²) in [5, 5.41) is 0. The van der Waals surface area contributed by atoms with Crippen LogP contribution in [0.5, 0.6) is 11.7 Å². The van der Waals surface area contributed by atoms with E-state index in [0.717, 1.165) is 16.9 Å². The molecule has 0 radical (unpaired) electrons. The van der Waals surface area contributed by atoms with Gasteiger partial charge < -0.3 is 13.9 Å². The first kappa shape index (κ1) is 10.6. The van der Waals surface area contributed by atoms with Gasteiger partial charge in [-0.2, -0.15) is 0 Å². The van der Waals surface area contributed by atoms with Crippen LogP contribution in [0, 0.1) is 0 Å². The smallest absolute Gasteiger partial charge is 0.284 e. The number of ether oxygens (including phenoxy) is 2. The number of benzene rings is 1. The zero-order chi connectivity index (χ0) is 11.4. The summed E-state index contributed by atoms with van der Waals surface area (Å²) in [7, 11) is 1.65. The Kier molecular flexibility index (Phi) is 3.15. The summed E-state index contributed by atoms with van der Waals surface area (Å²) in [4.78, 5) is 0. The van der Waals surface area contributed by atoms with Crippen LogP contribution in [0.15, 0.2) is 41.0 Å². The molecule has 0 atom stereocenters. The van der Waals surface area contributed by atoms with Gasteiger partial charge in [0, 0.05) is 11.6 Å². The van der Waals surface area contributed by atoms with E-state index in [2.05, 4.69) is 0 Å². The summed E-state index contributed by atoms with van der Waals surface area (Å²) in [6.45, 7) is 2.53. The molecule has 1 aromatic heterocycles. The second-order valence-corrected chi connectivity index (χ2v) is 3.32. The molecule has 1 aromatic carbocycles. The van der Waals surface area contributed by atoms with Crippen molar-refractivity contribution in [2.45, 2.75) is 6.92 Å². The molecule has 84 valence electrons. The molecular formula is C13H14O3. The Morgan fingerprint density at radius 1 is 1.12 bits per heavy atom. The molecule has 0 aliphatic heterocycles. The second-order valence-electron chi connectivity index (χ2n) is 3.32. The van der Waals surface area contributed by atoms with Crippen LogP contribution >= 0.6 is 0 Å². The van der Waals surface area contributed by atoms with E-state index in [1.165, 1.54) is 0 Å². The van der Waals surface area contributed by atoms with Crippen molar-refractivity contribution in [1.82, 2.24) is 0 Å². The molecule has 16 heavy (non-hydrogen) atoms. The fraction of sp³-hybridized carbons (Fsp3) is 0.231. The van der Waals surface area contributed by atoms with E-state index >= 15 is 0 Å². The van der Waals surface area contributed by atoms with E-state index in [-0.39, 0.29) is 0 Å². The van der Waals surface area contributed by atoms with Gasteiger partial charge in [0.25, 0.3) is 5.95 Å². The Morgan fingerprint density at radius 2 is 1.88 bits per heavy atom. The molecule has 2 aromatic rings. The fourth-order valence-corrected chi connectivity index (χ4v) is 1.47. The van der Waals surface area contributed by atoms with Gasteiger partial charge in [-0.3, -0.25) is 0 Å². The Labute approximate surface area is 94.6 Å². The van der Waals surface area contributed by atoms with Gasteiger partial charge in [0.1, 0.15) is 12.0 Å². The fourth-order valence-electron chi connectivity index (χ4n) is 1.47. The standard InChI is InChI=1S/C13H14O3/c1-3-15-13-8-11(9-16-13)10-4-6-12(14-2)7-5-10/h4-9H,3H2,1-2H3. The van der Waals surface area contributed by atoms with E-state index in [1.54, 1.807) is 13.4 Å². The van der Waals surface area contributed by atoms with Gasteiger partial charge in [0.2, 0.25) is 0 Å². The molecule has 1 heterocycles. The quantitative estimate of drug-likeness (QED) is 0.788. The minimum absolute atomic E-state index is 0.549. The molecule has 0 fully saturated rings. The highest BCUT2D eigenvalue weighted by Gasteiger charge is 2.04. The first-order chi connectivity index (χ1) is 7.83. The molecule has 3 nitrogen and oxygen atoms in total. The predicted octanol–water partition coefficient (Wildman–Crippen LogP) is 3.35. The van der Waals surface area contributed by atoms with Gasteiger partial charge in [0.15, 0.2) is 0 Å². The van der Waals surface area contributed by atoms with Gasteiger partial charge in [-0.05, 0) is 24.6 Å². The molecule has 0 saturated heterocycles. The topological polar surface area (TPSA) is 31.6 Å². The van der Waals surface area contributed by atoms with Crippen molar-refractivity contribution in [3.63, 3.8) is 0 Å². The molecule has 0 spiro atoms. The van der Waals surface area contributed by atoms with Crippen molar-refractivity contribution in [1.29, 1.82) is 0 Å². The number of furan rings is 1. The van der Waals surface area contributed by atoms with Crippen LogP contribution in [0.1, 0.15) is 6.92 Å². The van der Waals surface area contributed by atoms with Gasteiger partial charge >= 0.3 is 0 Å². The van der Waals surface area contributed by atoms with Gasteiger partial charge in [-0.1, -0.05) is 12.1 Å². The lowest BCUT2D eigenvalue weighted by atomic mass is 10.1. The van der Waals surface area contributed by atoms with Crippen LogP contribution in [0.25, 0.3) is 11.1 Å². The molecule has 0 bridgehead atoms. The van der Waals surface area contributed by atoms with E-state index in [4.69, 9.17) is 13.9 Å². The van der Waals surface area contributed by atoms with Crippen LogP contribution in [0.2, 0.25) is 0 Å². The molecule has 0 saturated carbocycles. The van der Waals surface area contributed by atoms with Crippen molar-refractivity contribution >= 4 is 0 Å². The van der Waals surface area contributed by atoms with Crippen LogP contribution in [-0.4, -0.2) is 13.7 Å². The van der Waals surface area contributed by atoms with Crippen molar-refractivity contribution in [2.24, 2.45) is 0 Å². The molecule has 0 aliphatic carbocycles. The molecular weight excluding hydrogens is 204 g/mol. The summed E-state index contributed by atoms with van der Waals surface area (Å²) in [6, 6.07) is 9.69. The second kappa shape index (κ2) is 4.75. The first-order valence-electron chi connectivity index (χ1n) is 5.19. The predicted molar refractivity (Wildman–Crippen MR) is 61.9 cm³/mol. The molecule has 2 rings (SSSR count). The average Bonchev–Trinajstić information content (AvgIpc) is 2.78. The van der Waals surface area contributed by atoms with E-state index in [9.17, 15) is 0 Å². The number of rotatable bonds is 4. The lowest BCUT2D eigenvalue weighted by molar-refractivity contribution is 0.257. The van der Waals surface area contributed by atoms with Gasteiger partial charge in [-0.25, -0.2) is 0 Å². The molecule has 0 unspecified atom stereocenters. The van der Waals surface area contributed by atoms with Crippen LogP contribution < -0.4 is 9.47 Å². The van der Waals surface area contributed by atoms with Crippen LogP contribution in [-0.2, 0) is 0 Å². The third-order valence-corrected chi connectivity index (χ3v) is 2.29. The molecule has 0 aliphatic rings. The number of hydrogen-bond donors (Lipinski definition) is 0. The number of methoxy groups -OCH3 is 1. The molecule has 0 N–H and O–H groups in total. The van der Waals surface area contributed by atoms with Crippen LogP contribution in [0.4, 0.5) is 0 Å². The highest BCUT2D eigenvalue weighted by Crippen LogP contribution is 2.27. The number of hydrogen-bond acceptors (Lipinski definition) is 3. The average molecular weight is 218 g/mol. The van der Waals surface area contributed by atoms with Gasteiger partial charge in [0.05, 0.1) is 13.7 Å². The summed E-state index contributed by atoms with van der Waals surface area (Å²) in [6.07, 6.45) is 1.69. The summed E-state index contributed by atoms with van der Waals surface area (Å²) < 4.78 is 15.6. The van der Waals surface area contributed by atoms with E-state index < -0.39 is 0 Å². The molecule has 3 heteroatoms. The lowest BCUT2D eigenvalue weighted by Crippen LogP contribution is -1.87. The van der Waals surface area contributed by atoms with Crippen LogP contribution in [0.3, 0.4) is 0 Å². The Bertz CT molecular complexity index is 442. The monoisotopic (exact) mass is 218 g/mol. The third-order valence-electron chi connectivity index (χ3n) is 2.29. The van der Waals surface area contributed by atoms with E-state index in [1.807, 2.05) is 37.3 Å². The van der Waals surface area contributed by atoms with Crippen molar-refractivity contribution in [3.8, 4) is 22.8 Å². The minimum atomic E-state index is 0.549. The maximum atomic E-state index is 5.26. The Balaban J connectivity index is 2.21. The largest absolute Gasteiger partial charge is 0.497 e. The Hall–Kier alpha value is -1.90. The highest BCUT2D eigenvalue weighted by molar-refractivity contribution is 5.64. The maximum Gasteiger partial charge on any atom is 0.284 e. The van der Waals surface area contributed by atoms with Crippen molar-refractivity contribution in [2.75, 3.05) is 13.7 Å². The highest BCUT2D eigenvalue weighted by atomic mass is 16.6. The SMILES string of the molecule is CCOc1cc(-c2ccc(OC)cc2)co1. The molecule has 0 amide bonds. The maximum absolute atomic E-state index is 5.26. The summed E-state index contributed by atoms with van der Waals surface area (Å²) in [5.74, 6) is 1.39. The van der Waals surface area contributed by atoms with E-state index in [0.29, 0.717) is 12.6 Å². The first-order valence-corrected chi connectivity index (χ1v) is 5.19. The lowest BCUT2D eigenvalue weighted by Gasteiger charge is -2.00. The van der Waals surface area contributed by atoms with Crippen molar-refractivity contribution in [3.05, 3.63) is 36.6 Å². The zero-order valence-corrected chi connectivity index (χ0v) is 9.40. The Morgan fingerprint density at radius 3 is 2.50 bits per heavy atom. The third kappa shape index (κ3) is 2.19. The summed E-state index contributed by atoms with van der Waals surface area (Å²) >= 11 is 0. The van der Waals surface area contributed by atoms with Crippen molar-refractivity contribution < 1.29 is 13.9 Å². The van der Waals surface area contributed by atoms with Gasteiger partial charge in [-0.15, -0.1) is 0 Å². The summed E-state index contributed by atoms with van der Waals surface area (Å²) in [5.41, 5.74) is 2.08. The normalized spacial score (nSPS) is 10.1.